The minimum atomic E-state index is -0.987. The van der Waals surface area contributed by atoms with Crippen LogP contribution in [0.4, 0.5) is 0 Å². The minimum absolute atomic E-state index is 0.209. The molecule has 18 heavy (non-hydrogen) atoms. The van der Waals surface area contributed by atoms with Crippen LogP contribution in [-0.2, 0) is 9.53 Å². The molecule has 1 aliphatic heterocycles. The molecule has 0 radical (unpaired) electrons. The molecule has 2 unspecified atom stereocenters. The Bertz CT molecular complexity index is 446. The molecule has 5 heteroatoms. The van der Waals surface area contributed by atoms with Crippen molar-refractivity contribution in [3.8, 4) is 0 Å². The maximum absolute atomic E-state index is 12.2. The molecule has 0 bridgehead atoms. The summed E-state index contributed by atoms with van der Waals surface area (Å²) in [6.45, 7) is 0.321. The molecule has 0 aliphatic carbocycles. The van der Waals surface area contributed by atoms with Crippen LogP contribution in [0.5, 0.6) is 0 Å². The van der Waals surface area contributed by atoms with Crippen molar-refractivity contribution in [2.45, 2.75) is 18.6 Å². The first-order chi connectivity index (χ1) is 8.63. The average Bonchev–Trinajstić information content (AvgIpc) is 2.83. The molecular formula is C13H15NO4. The molecule has 0 spiro atoms. The molecule has 1 aromatic rings. The molecule has 1 heterocycles. The van der Waals surface area contributed by atoms with Crippen molar-refractivity contribution in [2.75, 3.05) is 13.7 Å². The van der Waals surface area contributed by atoms with Crippen LogP contribution >= 0.6 is 0 Å². The SMILES string of the molecule is COC1CC(C(=O)O)N(C(=O)c2ccccc2)C1. The zero-order valence-electron chi connectivity index (χ0n) is 10.1. The Morgan fingerprint density at radius 1 is 1.33 bits per heavy atom. The van der Waals surface area contributed by atoms with Crippen LogP contribution in [0, 0.1) is 0 Å². The van der Waals surface area contributed by atoms with Gasteiger partial charge in [-0.3, -0.25) is 4.79 Å². The van der Waals surface area contributed by atoms with Crippen molar-refractivity contribution in [3.05, 3.63) is 35.9 Å². The molecule has 1 N–H and O–H groups in total. The van der Waals surface area contributed by atoms with E-state index in [1.165, 1.54) is 12.0 Å². The second-order valence-electron chi connectivity index (χ2n) is 4.27. The summed E-state index contributed by atoms with van der Waals surface area (Å²) in [5.41, 5.74) is 0.500. The van der Waals surface area contributed by atoms with E-state index in [4.69, 9.17) is 9.84 Å². The lowest BCUT2D eigenvalue weighted by Gasteiger charge is -2.21. The van der Waals surface area contributed by atoms with E-state index in [0.29, 0.717) is 18.5 Å². The highest BCUT2D eigenvalue weighted by Gasteiger charge is 2.39. The number of carboxylic acids is 1. The fourth-order valence-corrected chi connectivity index (χ4v) is 2.17. The highest BCUT2D eigenvalue weighted by atomic mass is 16.5. The van der Waals surface area contributed by atoms with Crippen molar-refractivity contribution < 1.29 is 19.4 Å². The van der Waals surface area contributed by atoms with Gasteiger partial charge >= 0.3 is 5.97 Å². The van der Waals surface area contributed by atoms with Gasteiger partial charge in [0.25, 0.3) is 5.91 Å². The van der Waals surface area contributed by atoms with Gasteiger partial charge in [-0.1, -0.05) is 18.2 Å². The van der Waals surface area contributed by atoms with Gasteiger partial charge in [-0.05, 0) is 12.1 Å². The van der Waals surface area contributed by atoms with Crippen LogP contribution in [0.15, 0.2) is 30.3 Å². The number of benzene rings is 1. The number of carboxylic acid groups (broad SMARTS) is 1. The summed E-state index contributed by atoms with van der Waals surface area (Å²) in [6, 6.07) is 7.89. The number of likely N-dealkylation sites (tertiary alicyclic amines) is 1. The average molecular weight is 249 g/mol. The third-order valence-corrected chi connectivity index (χ3v) is 3.16. The quantitative estimate of drug-likeness (QED) is 0.867. The van der Waals surface area contributed by atoms with Gasteiger partial charge in [0.1, 0.15) is 6.04 Å². The Morgan fingerprint density at radius 3 is 2.56 bits per heavy atom. The van der Waals surface area contributed by atoms with Crippen LogP contribution < -0.4 is 0 Å². The van der Waals surface area contributed by atoms with Gasteiger partial charge in [-0.2, -0.15) is 0 Å². The number of aliphatic carboxylic acids is 1. The van der Waals surface area contributed by atoms with Gasteiger partial charge in [-0.15, -0.1) is 0 Å². The third kappa shape index (κ3) is 2.36. The van der Waals surface area contributed by atoms with Crippen molar-refractivity contribution in [1.29, 1.82) is 0 Å². The minimum Gasteiger partial charge on any atom is -0.480 e. The smallest absolute Gasteiger partial charge is 0.326 e. The first kappa shape index (κ1) is 12.6. The number of rotatable bonds is 3. The molecule has 1 aromatic carbocycles. The van der Waals surface area contributed by atoms with Crippen molar-refractivity contribution in [2.24, 2.45) is 0 Å². The fourth-order valence-electron chi connectivity index (χ4n) is 2.17. The number of carbonyl (C=O) groups excluding carboxylic acids is 1. The molecular weight excluding hydrogens is 234 g/mol. The predicted octanol–water partition coefficient (Wildman–Crippen LogP) is 1.00. The van der Waals surface area contributed by atoms with Gasteiger partial charge in [0.15, 0.2) is 0 Å². The number of hydrogen-bond donors (Lipinski definition) is 1. The molecule has 2 rings (SSSR count). The van der Waals surface area contributed by atoms with Crippen LogP contribution in [0.1, 0.15) is 16.8 Å². The van der Waals surface area contributed by atoms with Gasteiger partial charge < -0.3 is 14.7 Å². The van der Waals surface area contributed by atoms with E-state index >= 15 is 0 Å². The Labute approximate surface area is 105 Å². The van der Waals surface area contributed by atoms with Gasteiger partial charge in [-0.25, -0.2) is 4.79 Å². The van der Waals surface area contributed by atoms with Crippen molar-refractivity contribution >= 4 is 11.9 Å². The van der Waals surface area contributed by atoms with E-state index < -0.39 is 12.0 Å². The van der Waals surface area contributed by atoms with Gasteiger partial charge in [0.2, 0.25) is 0 Å². The number of methoxy groups -OCH3 is 1. The highest BCUT2D eigenvalue weighted by Crippen LogP contribution is 2.22. The zero-order valence-corrected chi connectivity index (χ0v) is 10.1. The summed E-state index contributed by atoms with van der Waals surface area (Å²) in [4.78, 5) is 24.8. The topological polar surface area (TPSA) is 66.8 Å². The summed E-state index contributed by atoms with van der Waals surface area (Å²) in [6.07, 6.45) is 0.128. The summed E-state index contributed by atoms with van der Waals surface area (Å²) in [5, 5.41) is 9.14. The summed E-state index contributed by atoms with van der Waals surface area (Å²) >= 11 is 0. The zero-order chi connectivity index (χ0) is 13.1. The molecule has 0 saturated carbocycles. The van der Waals surface area contributed by atoms with Crippen LogP contribution in [0.25, 0.3) is 0 Å². The molecule has 1 amide bonds. The summed E-state index contributed by atoms with van der Waals surface area (Å²) in [5.74, 6) is -1.25. The fraction of sp³-hybridized carbons (Fsp3) is 0.385. The standard InChI is InChI=1S/C13H15NO4/c1-18-10-7-11(13(16)17)14(8-10)12(15)9-5-3-2-4-6-9/h2-6,10-11H,7-8H2,1H3,(H,16,17). The van der Waals surface area contributed by atoms with E-state index in [1.807, 2.05) is 6.07 Å². The van der Waals surface area contributed by atoms with Gasteiger partial charge in [0, 0.05) is 25.6 Å². The molecule has 0 aromatic heterocycles. The summed E-state index contributed by atoms with van der Waals surface area (Å²) in [7, 11) is 1.53. The normalized spacial score (nSPS) is 23.1. The second kappa shape index (κ2) is 5.18. The van der Waals surface area contributed by atoms with E-state index in [2.05, 4.69) is 0 Å². The second-order valence-corrected chi connectivity index (χ2v) is 4.27. The lowest BCUT2D eigenvalue weighted by molar-refractivity contribution is -0.141. The number of nitrogens with zero attached hydrogens (tertiary/aromatic N) is 1. The predicted molar refractivity (Wildman–Crippen MR) is 64.3 cm³/mol. The number of carbonyl (C=O) groups is 2. The van der Waals surface area contributed by atoms with E-state index in [9.17, 15) is 9.59 Å². The Kier molecular flexibility index (Phi) is 3.62. The lowest BCUT2D eigenvalue weighted by Crippen LogP contribution is -2.40. The molecule has 1 aliphatic rings. The van der Waals surface area contributed by atoms with E-state index in [0.717, 1.165) is 0 Å². The first-order valence-corrected chi connectivity index (χ1v) is 5.75. The van der Waals surface area contributed by atoms with Crippen LogP contribution in [0.3, 0.4) is 0 Å². The monoisotopic (exact) mass is 249 g/mol. The first-order valence-electron chi connectivity index (χ1n) is 5.75. The number of hydrogen-bond acceptors (Lipinski definition) is 3. The Balaban J connectivity index is 2.21. The maximum Gasteiger partial charge on any atom is 0.326 e. The molecule has 1 saturated heterocycles. The molecule has 2 atom stereocenters. The largest absolute Gasteiger partial charge is 0.480 e. The van der Waals surface area contributed by atoms with Gasteiger partial charge in [0.05, 0.1) is 6.10 Å². The molecule has 5 nitrogen and oxygen atoms in total. The van der Waals surface area contributed by atoms with Crippen LogP contribution in [0.2, 0.25) is 0 Å². The van der Waals surface area contributed by atoms with Crippen molar-refractivity contribution in [1.82, 2.24) is 4.90 Å². The lowest BCUT2D eigenvalue weighted by atomic mass is 10.1. The molecule has 1 fully saturated rings. The van der Waals surface area contributed by atoms with E-state index in [1.54, 1.807) is 24.3 Å². The Hall–Kier alpha value is -1.88. The number of amides is 1. The maximum atomic E-state index is 12.2. The Morgan fingerprint density at radius 2 is 2.00 bits per heavy atom. The molecule has 96 valence electrons. The summed E-state index contributed by atoms with van der Waals surface area (Å²) < 4.78 is 5.15. The van der Waals surface area contributed by atoms with Crippen LogP contribution in [-0.4, -0.2) is 47.7 Å². The number of ether oxygens (including phenoxy) is 1. The van der Waals surface area contributed by atoms with E-state index in [-0.39, 0.29) is 12.0 Å². The highest BCUT2D eigenvalue weighted by molar-refractivity contribution is 5.97. The third-order valence-electron chi connectivity index (χ3n) is 3.16. The van der Waals surface area contributed by atoms with Crippen molar-refractivity contribution in [3.63, 3.8) is 0 Å².